The number of carbonyl (C=O) groups excluding carboxylic acids is 1. The summed E-state index contributed by atoms with van der Waals surface area (Å²) in [5.41, 5.74) is 1.87. The largest absolute Gasteiger partial charge is 0.497 e. The van der Waals surface area contributed by atoms with Crippen LogP contribution in [-0.4, -0.2) is 29.6 Å². The number of amides is 1. The summed E-state index contributed by atoms with van der Waals surface area (Å²) in [5.74, 6) is 0.757. The average Bonchev–Trinajstić information content (AvgIpc) is 3.37. The molecule has 1 fully saturated rings. The number of halogens is 1. The van der Waals surface area contributed by atoms with Gasteiger partial charge in [-0.05, 0) is 54.8 Å². The van der Waals surface area contributed by atoms with Crippen LogP contribution in [0.25, 0.3) is 11.3 Å². The fourth-order valence-corrected chi connectivity index (χ4v) is 3.48. The van der Waals surface area contributed by atoms with Gasteiger partial charge in [-0.25, -0.2) is 4.39 Å². The molecule has 6 heteroatoms. The second-order valence-corrected chi connectivity index (χ2v) is 6.52. The van der Waals surface area contributed by atoms with Gasteiger partial charge in [0, 0.05) is 18.2 Å². The maximum absolute atomic E-state index is 13.6. The van der Waals surface area contributed by atoms with Crippen LogP contribution in [0.4, 0.5) is 4.39 Å². The Hall–Kier alpha value is -3.15. The summed E-state index contributed by atoms with van der Waals surface area (Å²) in [4.78, 5) is 14.7. The number of hydrogen-bond donors (Lipinski definition) is 0. The molecule has 2 heterocycles. The molecule has 0 unspecified atom stereocenters. The third kappa shape index (κ3) is 3.43. The Kier molecular flexibility index (Phi) is 4.62. The number of carbonyl (C=O) groups is 1. The first-order valence-corrected chi connectivity index (χ1v) is 8.83. The van der Waals surface area contributed by atoms with E-state index in [0.29, 0.717) is 12.3 Å². The number of ether oxygens (including phenoxy) is 1. The Balaban J connectivity index is 1.56. The molecule has 138 valence electrons. The third-order valence-electron chi connectivity index (χ3n) is 4.85. The molecule has 1 aliphatic heterocycles. The molecule has 1 atom stereocenters. The SMILES string of the molecule is COc1ccc(-c2cc(C(=O)N3CCC[C@H]3c3cccc(F)c3)no2)cc1. The highest BCUT2D eigenvalue weighted by Gasteiger charge is 2.32. The van der Waals surface area contributed by atoms with Crippen molar-refractivity contribution in [3.63, 3.8) is 0 Å². The Morgan fingerprint density at radius 3 is 2.78 bits per heavy atom. The molecule has 2 aromatic carbocycles. The van der Waals surface area contributed by atoms with Crippen molar-refractivity contribution in [3.8, 4) is 17.1 Å². The zero-order valence-corrected chi connectivity index (χ0v) is 14.9. The maximum atomic E-state index is 13.6. The standard InChI is InChI=1S/C21H19FN2O3/c1-26-17-9-7-14(8-10-17)20-13-18(23-27-20)21(25)24-11-3-6-19(24)15-4-2-5-16(22)12-15/h2,4-5,7-10,12-13,19H,3,6,11H2,1H3/t19-/m0/s1. The molecule has 0 saturated carbocycles. The van der Waals surface area contributed by atoms with E-state index in [-0.39, 0.29) is 23.5 Å². The molecular formula is C21H19FN2O3. The lowest BCUT2D eigenvalue weighted by atomic mass is 10.0. The summed E-state index contributed by atoms with van der Waals surface area (Å²) in [6.45, 7) is 0.616. The van der Waals surface area contributed by atoms with Gasteiger partial charge in [0.05, 0.1) is 13.2 Å². The van der Waals surface area contributed by atoms with Gasteiger partial charge < -0.3 is 14.2 Å². The second-order valence-electron chi connectivity index (χ2n) is 6.52. The molecule has 0 aliphatic carbocycles. The Morgan fingerprint density at radius 1 is 1.22 bits per heavy atom. The van der Waals surface area contributed by atoms with Gasteiger partial charge >= 0.3 is 0 Å². The summed E-state index contributed by atoms with van der Waals surface area (Å²) in [7, 11) is 1.60. The van der Waals surface area contributed by atoms with Crippen molar-refractivity contribution >= 4 is 5.91 Å². The Labute approximate surface area is 156 Å². The number of rotatable bonds is 4. The van der Waals surface area contributed by atoms with Crippen LogP contribution in [0.3, 0.4) is 0 Å². The molecule has 0 bridgehead atoms. The van der Waals surface area contributed by atoms with Gasteiger partial charge in [-0.1, -0.05) is 17.3 Å². The monoisotopic (exact) mass is 366 g/mol. The van der Waals surface area contributed by atoms with E-state index in [1.54, 1.807) is 24.1 Å². The van der Waals surface area contributed by atoms with Gasteiger partial charge in [0.25, 0.3) is 5.91 Å². The highest BCUT2D eigenvalue weighted by atomic mass is 19.1. The summed E-state index contributed by atoms with van der Waals surface area (Å²) in [6, 6.07) is 15.2. The molecule has 5 nitrogen and oxygen atoms in total. The molecule has 3 aromatic rings. The highest BCUT2D eigenvalue weighted by Crippen LogP contribution is 2.34. The van der Waals surface area contributed by atoms with E-state index < -0.39 is 0 Å². The Morgan fingerprint density at radius 2 is 2.04 bits per heavy atom. The van der Waals surface area contributed by atoms with E-state index in [9.17, 15) is 9.18 Å². The van der Waals surface area contributed by atoms with Crippen molar-refractivity contribution in [1.82, 2.24) is 10.1 Å². The van der Waals surface area contributed by atoms with E-state index in [2.05, 4.69) is 5.16 Å². The van der Waals surface area contributed by atoms with Crippen LogP contribution >= 0.6 is 0 Å². The molecule has 1 aliphatic rings. The number of benzene rings is 2. The molecular weight excluding hydrogens is 347 g/mol. The van der Waals surface area contributed by atoms with Crippen molar-refractivity contribution in [2.24, 2.45) is 0 Å². The molecule has 1 aromatic heterocycles. The number of aromatic nitrogens is 1. The lowest BCUT2D eigenvalue weighted by Gasteiger charge is -2.24. The van der Waals surface area contributed by atoms with E-state index >= 15 is 0 Å². The van der Waals surface area contributed by atoms with Crippen LogP contribution in [0.2, 0.25) is 0 Å². The molecule has 4 rings (SSSR count). The smallest absolute Gasteiger partial charge is 0.276 e. The highest BCUT2D eigenvalue weighted by molar-refractivity contribution is 5.93. The van der Waals surface area contributed by atoms with E-state index in [1.165, 1.54) is 12.1 Å². The quantitative estimate of drug-likeness (QED) is 0.684. The summed E-state index contributed by atoms with van der Waals surface area (Å²) in [5, 5.41) is 3.95. The zero-order valence-electron chi connectivity index (χ0n) is 14.9. The van der Waals surface area contributed by atoms with Gasteiger partial charge in [0.1, 0.15) is 11.6 Å². The average molecular weight is 366 g/mol. The van der Waals surface area contributed by atoms with Crippen LogP contribution in [0.15, 0.2) is 59.1 Å². The van der Waals surface area contributed by atoms with E-state index in [1.807, 2.05) is 30.3 Å². The summed E-state index contributed by atoms with van der Waals surface area (Å²) < 4.78 is 24.1. The van der Waals surface area contributed by atoms with E-state index in [4.69, 9.17) is 9.26 Å². The first kappa shape index (κ1) is 17.3. The van der Waals surface area contributed by atoms with Crippen molar-refractivity contribution in [1.29, 1.82) is 0 Å². The first-order chi connectivity index (χ1) is 13.2. The van der Waals surface area contributed by atoms with Gasteiger partial charge in [-0.3, -0.25) is 4.79 Å². The fraction of sp³-hybridized carbons (Fsp3) is 0.238. The van der Waals surface area contributed by atoms with Crippen molar-refractivity contribution < 1.29 is 18.4 Å². The van der Waals surface area contributed by atoms with Crippen molar-refractivity contribution in [2.75, 3.05) is 13.7 Å². The predicted octanol–water partition coefficient (Wildman–Crippen LogP) is 4.47. The van der Waals surface area contributed by atoms with Crippen LogP contribution in [0.1, 0.15) is 34.9 Å². The van der Waals surface area contributed by atoms with Gasteiger partial charge in [-0.2, -0.15) is 0 Å². The first-order valence-electron chi connectivity index (χ1n) is 8.83. The molecule has 0 radical (unpaired) electrons. The van der Waals surface area contributed by atoms with Crippen molar-refractivity contribution in [2.45, 2.75) is 18.9 Å². The topological polar surface area (TPSA) is 55.6 Å². The van der Waals surface area contributed by atoms with E-state index in [0.717, 1.165) is 29.7 Å². The minimum atomic E-state index is -0.296. The second kappa shape index (κ2) is 7.23. The number of nitrogens with zero attached hydrogens (tertiary/aromatic N) is 2. The number of likely N-dealkylation sites (tertiary alicyclic amines) is 1. The molecule has 27 heavy (non-hydrogen) atoms. The number of hydrogen-bond acceptors (Lipinski definition) is 4. The van der Waals surface area contributed by atoms with Gasteiger partial charge in [0.15, 0.2) is 11.5 Å². The minimum Gasteiger partial charge on any atom is -0.497 e. The molecule has 1 amide bonds. The normalized spacial score (nSPS) is 16.5. The molecule has 0 spiro atoms. The summed E-state index contributed by atoms with van der Waals surface area (Å²) in [6.07, 6.45) is 1.68. The van der Waals surface area contributed by atoms with Crippen LogP contribution < -0.4 is 4.74 Å². The molecule has 0 N–H and O–H groups in total. The number of methoxy groups -OCH3 is 1. The maximum Gasteiger partial charge on any atom is 0.276 e. The lowest BCUT2D eigenvalue weighted by molar-refractivity contribution is 0.0725. The van der Waals surface area contributed by atoms with Crippen LogP contribution in [-0.2, 0) is 0 Å². The summed E-state index contributed by atoms with van der Waals surface area (Å²) >= 11 is 0. The molecule has 1 saturated heterocycles. The van der Waals surface area contributed by atoms with Gasteiger partial charge in [0.2, 0.25) is 0 Å². The Bertz CT molecular complexity index is 952. The van der Waals surface area contributed by atoms with Crippen LogP contribution in [0, 0.1) is 5.82 Å². The lowest BCUT2D eigenvalue weighted by Crippen LogP contribution is -2.30. The van der Waals surface area contributed by atoms with Crippen molar-refractivity contribution in [3.05, 3.63) is 71.7 Å². The van der Waals surface area contributed by atoms with Crippen LogP contribution in [0.5, 0.6) is 5.75 Å². The predicted molar refractivity (Wildman–Crippen MR) is 97.9 cm³/mol. The zero-order chi connectivity index (χ0) is 18.8. The minimum absolute atomic E-state index is 0.144. The third-order valence-corrected chi connectivity index (χ3v) is 4.85. The van der Waals surface area contributed by atoms with Gasteiger partial charge in [-0.15, -0.1) is 0 Å². The fourth-order valence-electron chi connectivity index (χ4n) is 3.48.